The van der Waals surface area contributed by atoms with Gasteiger partial charge in [0.2, 0.25) is 11.5 Å². The molecule has 0 aliphatic heterocycles. The largest absolute Gasteiger partial charge is 0.504 e. The van der Waals surface area contributed by atoms with Crippen LogP contribution in [0.3, 0.4) is 0 Å². The monoisotopic (exact) mass is 206 g/mol. The van der Waals surface area contributed by atoms with Gasteiger partial charge in [0.15, 0.2) is 11.5 Å². The molecule has 0 bridgehead atoms. The number of aromatic hydroxyl groups is 3. The fourth-order valence-corrected chi connectivity index (χ4v) is 1.57. The summed E-state index contributed by atoms with van der Waals surface area (Å²) in [6, 6.07) is 6.79. The first-order chi connectivity index (χ1) is 7.16. The van der Waals surface area contributed by atoms with E-state index in [1.807, 2.05) is 0 Å². The van der Waals surface area contributed by atoms with E-state index in [1.165, 1.54) is 7.11 Å². The van der Waals surface area contributed by atoms with Gasteiger partial charge in [0, 0.05) is 10.8 Å². The summed E-state index contributed by atoms with van der Waals surface area (Å²) >= 11 is 0. The number of hydrogen-bond donors (Lipinski definition) is 3. The van der Waals surface area contributed by atoms with Crippen molar-refractivity contribution in [3.8, 4) is 23.0 Å². The third kappa shape index (κ3) is 1.22. The first kappa shape index (κ1) is 9.45. The maximum absolute atomic E-state index is 9.59. The molecule has 0 amide bonds. The average molecular weight is 206 g/mol. The van der Waals surface area contributed by atoms with Gasteiger partial charge in [0.05, 0.1) is 7.11 Å². The third-order valence-corrected chi connectivity index (χ3v) is 2.29. The van der Waals surface area contributed by atoms with Crippen LogP contribution in [-0.4, -0.2) is 22.4 Å². The van der Waals surface area contributed by atoms with Gasteiger partial charge in [-0.15, -0.1) is 0 Å². The fourth-order valence-electron chi connectivity index (χ4n) is 1.57. The van der Waals surface area contributed by atoms with Gasteiger partial charge in [0.1, 0.15) is 0 Å². The van der Waals surface area contributed by atoms with Crippen LogP contribution in [0, 0.1) is 0 Å². The van der Waals surface area contributed by atoms with Crippen LogP contribution < -0.4 is 4.74 Å². The summed E-state index contributed by atoms with van der Waals surface area (Å²) in [5, 5.41) is 29.6. The summed E-state index contributed by atoms with van der Waals surface area (Å²) in [7, 11) is 1.39. The molecule has 0 atom stereocenters. The van der Waals surface area contributed by atoms with E-state index in [0.29, 0.717) is 10.8 Å². The van der Waals surface area contributed by atoms with E-state index in [2.05, 4.69) is 0 Å². The second-order valence-electron chi connectivity index (χ2n) is 3.12. The number of fused-ring (bicyclic) bond motifs is 1. The Hall–Kier alpha value is -2.10. The molecule has 2 aromatic rings. The molecule has 0 spiro atoms. The van der Waals surface area contributed by atoms with Crippen molar-refractivity contribution in [2.24, 2.45) is 0 Å². The van der Waals surface area contributed by atoms with Gasteiger partial charge in [-0.05, 0) is 0 Å². The molecule has 4 heteroatoms. The lowest BCUT2D eigenvalue weighted by Gasteiger charge is -2.11. The second-order valence-corrected chi connectivity index (χ2v) is 3.12. The molecule has 0 fully saturated rings. The topological polar surface area (TPSA) is 69.9 Å². The van der Waals surface area contributed by atoms with E-state index in [9.17, 15) is 15.3 Å². The number of phenolic OH excluding ortho intramolecular Hbond substituents is 3. The highest BCUT2D eigenvalue weighted by molar-refractivity contribution is 5.98. The van der Waals surface area contributed by atoms with E-state index >= 15 is 0 Å². The van der Waals surface area contributed by atoms with Crippen molar-refractivity contribution < 1.29 is 20.1 Å². The summed E-state index contributed by atoms with van der Waals surface area (Å²) < 4.78 is 4.97. The van der Waals surface area contributed by atoms with Gasteiger partial charge in [0.25, 0.3) is 0 Å². The molecule has 78 valence electrons. The number of benzene rings is 2. The summed E-state index contributed by atoms with van der Waals surface area (Å²) in [6.07, 6.45) is 0. The van der Waals surface area contributed by atoms with Crippen LogP contribution in [0.4, 0.5) is 0 Å². The standard InChI is InChI=1S/C11H10O4/c1-15-11-7-5-3-2-4-6(7)8(12)9(13)10(11)14/h2-5,12-14H,1H3. The molecule has 2 aromatic carbocycles. The smallest absolute Gasteiger partial charge is 0.205 e. The normalized spacial score (nSPS) is 10.5. The molecule has 15 heavy (non-hydrogen) atoms. The highest BCUT2D eigenvalue weighted by Gasteiger charge is 2.17. The zero-order chi connectivity index (χ0) is 11.0. The van der Waals surface area contributed by atoms with Gasteiger partial charge < -0.3 is 20.1 Å². The number of rotatable bonds is 1. The van der Waals surface area contributed by atoms with Crippen molar-refractivity contribution in [1.29, 1.82) is 0 Å². The van der Waals surface area contributed by atoms with Gasteiger partial charge in [-0.2, -0.15) is 0 Å². The van der Waals surface area contributed by atoms with Gasteiger partial charge in [-0.25, -0.2) is 0 Å². The summed E-state index contributed by atoms with van der Waals surface area (Å²) in [5.74, 6) is -1.20. The lowest BCUT2D eigenvalue weighted by Crippen LogP contribution is -1.87. The van der Waals surface area contributed by atoms with E-state index in [-0.39, 0.29) is 11.5 Å². The van der Waals surface area contributed by atoms with Crippen LogP contribution in [0.15, 0.2) is 24.3 Å². The Morgan fingerprint density at radius 1 is 0.867 bits per heavy atom. The quantitative estimate of drug-likeness (QED) is 0.624. The summed E-state index contributed by atoms with van der Waals surface area (Å²) in [5.41, 5.74) is 0. The van der Waals surface area contributed by atoms with E-state index < -0.39 is 11.5 Å². The fraction of sp³-hybridized carbons (Fsp3) is 0.0909. The third-order valence-electron chi connectivity index (χ3n) is 2.29. The zero-order valence-corrected chi connectivity index (χ0v) is 8.06. The summed E-state index contributed by atoms with van der Waals surface area (Å²) in [6.45, 7) is 0. The molecule has 4 nitrogen and oxygen atoms in total. The van der Waals surface area contributed by atoms with Gasteiger partial charge in [-0.3, -0.25) is 0 Å². The Labute approximate surface area is 86.0 Å². The maximum Gasteiger partial charge on any atom is 0.205 e. The van der Waals surface area contributed by atoms with Crippen LogP contribution in [0.25, 0.3) is 10.8 Å². The molecule has 0 radical (unpaired) electrons. The lowest BCUT2D eigenvalue weighted by molar-refractivity contribution is 0.340. The predicted octanol–water partition coefficient (Wildman–Crippen LogP) is 1.97. The molecule has 0 aliphatic carbocycles. The minimum atomic E-state index is -0.564. The highest BCUT2D eigenvalue weighted by Crippen LogP contribution is 2.48. The highest BCUT2D eigenvalue weighted by atomic mass is 16.5. The minimum Gasteiger partial charge on any atom is -0.504 e. The number of hydrogen-bond acceptors (Lipinski definition) is 4. The molecule has 0 aromatic heterocycles. The minimum absolute atomic E-state index is 0.154. The van der Waals surface area contributed by atoms with E-state index in [4.69, 9.17) is 4.74 Å². The van der Waals surface area contributed by atoms with Crippen molar-refractivity contribution in [1.82, 2.24) is 0 Å². The van der Waals surface area contributed by atoms with Crippen molar-refractivity contribution in [2.45, 2.75) is 0 Å². The van der Waals surface area contributed by atoms with E-state index in [0.717, 1.165) is 0 Å². The molecular formula is C11H10O4. The Balaban J connectivity index is 2.98. The predicted molar refractivity (Wildman–Crippen MR) is 55.5 cm³/mol. The molecule has 2 rings (SSSR count). The molecule has 3 N–H and O–H groups in total. The first-order valence-electron chi connectivity index (χ1n) is 4.36. The average Bonchev–Trinajstić information content (AvgIpc) is 2.27. The van der Waals surface area contributed by atoms with Gasteiger partial charge in [-0.1, -0.05) is 24.3 Å². The molecule has 0 saturated heterocycles. The van der Waals surface area contributed by atoms with Crippen molar-refractivity contribution in [2.75, 3.05) is 7.11 Å². The van der Waals surface area contributed by atoms with Crippen molar-refractivity contribution >= 4 is 10.8 Å². The molecule has 0 unspecified atom stereocenters. The Bertz CT molecular complexity index is 519. The number of methoxy groups -OCH3 is 1. The molecular weight excluding hydrogens is 196 g/mol. The summed E-state index contributed by atoms with van der Waals surface area (Å²) in [4.78, 5) is 0. The van der Waals surface area contributed by atoms with Gasteiger partial charge >= 0.3 is 0 Å². The van der Waals surface area contributed by atoms with Crippen LogP contribution >= 0.6 is 0 Å². The molecule has 0 heterocycles. The Morgan fingerprint density at radius 3 is 2.07 bits per heavy atom. The molecule has 0 aliphatic rings. The van der Waals surface area contributed by atoms with Crippen molar-refractivity contribution in [3.05, 3.63) is 24.3 Å². The number of phenols is 3. The Kier molecular flexibility index (Phi) is 2.04. The van der Waals surface area contributed by atoms with Crippen LogP contribution in [-0.2, 0) is 0 Å². The lowest BCUT2D eigenvalue weighted by atomic mass is 10.1. The SMILES string of the molecule is COc1c(O)c(O)c(O)c2ccccc12. The first-order valence-corrected chi connectivity index (χ1v) is 4.36. The number of ether oxygens (including phenoxy) is 1. The maximum atomic E-state index is 9.59. The second kappa shape index (κ2) is 3.24. The van der Waals surface area contributed by atoms with Crippen LogP contribution in [0.1, 0.15) is 0 Å². The zero-order valence-electron chi connectivity index (χ0n) is 8.06. The van der Waals surface area contributed by atoms with E-state index in [1.54, 1.807) is 24.3 Å². The molecule has 0 saturated carbocycles. The van der Waals surface area contributed by atoms with Crippen LogP contribution in [0.5, 0.6) is 23.0 Å². The van der Waals surface area contributed by atoms with Crippen LogP contribution in [0.2, 0.25) is 0 Å². The van der Waals surface area contributed by atoms with Crippen molar-refractivity contribution in [3.63, 3.8) is 0 Å². The Morgan fingerprint density at radius 2 is 1.47 bits per heavy atom.